The van der Waals surface area contributed by atoms with E-state index in [2.05, 4.69) is 0 Å². The van der Waals surface area contributed by atoms with E-state index in [0.717, 1.165) is 41.0 Å². The molecule has 0 atom stereocenters. The van der Waals surface area contributed by atoms with Crippen LogP contribution in [0.3, 0.4) is 0 Å². The molecule has 0 fully saturated rings. The van der Waals surface area contributed by atoms with Gasteiger partial charge in [-0.1, -0.05) is 23.8 Å². The fourth-order valence-corrected chi connectivity index (χ4v) is 5.28. The van der Waals surface area contributed by atoms with Crippen molar-refractivity contribution in [3.05, 3.63) is 93.5 Å². The highest BCUT2D eigenvalue weighted by molar-refractivity contribution is 7.91. The van der Waals surface area contributed by atoms with Crippen molar-refractivity contribution in [1.82, 2.24) is 4.57 Å². The van der Waals surface area contributed by atoms with Gasteiger partial charge in [0.1, 0.15) is 10.7 Å². The predicted octanol–water partition coefficient (Wildman–Crippen LogP) is 4.66. The maximum absolute atomic E-state index is 13.4. The number of ether oxygens (including phenoxy) is 2. The van der Waals surface area contributed by atoms with Crippen LogP contribution >= 0.6 is 0 Å². The second-order valence-electron chi connectivity index (χ2n) is 8.06. The van der Waals surface area contributed by atoms with E-state index in [0.29, 0.717) is 23.6 Å². The molecule has 0 aliphatic rings. The van der Waals surface area contributed by atoms with E-state index in [-0.39, 0.29) is 10.3 Å². The molecule has 34 heavy (non-hydrogen) atoms. The molecule has 0 saturated carbocycles. The Morgan fingerprint density at radius 3 is 2.21 bits per heavy atom. The third kappa shape index (κ3) is 4.17. The van der Waals surface area contributed by atoms with E-state index in [9.17, 15) is 17.6 Å². The van der Waals surface area contributed by atoms with Gasteiger partial charge in [-0.25, -0.2) is 12.8 Å². The zero-order valence-corrected chi connectivity index (χ0v) is 20.1. The maximum atomic E-state index is 13.4. The first-order chi connectivity index (χ1) is 16.1. The monoisotopic (exact) mass is 481 g/mol. The predicted molar refractivity (Wildman–Crippen MR) is 128 cm³/mol. The normalized spacial score (nSPS) is 11.6. The second-order valence-corrected chi connectivity index (χ2v) is 9.98. The fraction of sp³-hybridized carbons (Fsp3) is 0.192. The molecule has 0 radical (unpaired) electrons. The number of aromatic nitrogens is 1. The van der Waals surface area contributed by atoms with Crippen LogP contribution in [0.5, 0.6) is 11.5 Å². The molecule has 0 bridgehead atoms. The average Bonchev–Trinajstić information content (AvgIpc) is 2.82. The summed E-state index contributed by atoms with van der Waals surface area (Å²) < 4.78 is 52.7. The van der Waals surface area contributed by atoms with Crippen LogP contribution in [0.1, 0.15) is 16.7 Å². The molecule has 1 aromatic heterocycles. The minimum absolute atomic E-state index is 0.163. The lowest BCUT2D eigenvalue weighted by molar-refractivity contribution is 0.355. The fourth-order valence-electron chi connectivity index (χ4n) is 3.91. The topological polar surface area (TPSA) is 74.6 Å². The summed E-state index contributed by atoms with van der Waals surface area (Å²) >= 11 is 0. The van der Waals surface area contributed by atoms with Crippen LogP contribution in [0.15, 0.2) is 75.4 Å². The van der Waals surface area contributed by atoms with Gasteiger partial charge in [0.2, 0.25) is 15.3 Å². The Labute approximate surface area is 197 Å². The van der Waals surface area contributed by atoms with Crippen LogP contribution in [0, 0.1) is 19.7 Å². The molecule has 6 nitrogen and oxygen atoms in total. The number of methoxy groups -OCH3 is 2. The number of sulfone groups is 1. The van der Waals surface area contributed by atoms with Gasteiger partial charge in [0.15, 0.2) is 11.5 Å². The molecule has 1 heterocycles. The van der Waals surface area contributed by atoms with Crippen LogP contribution in [0.2, 0.25) is 0 Å². The first kappa shape index (κ1) is 23.5. The van der Waals surface area contributed by atoms with Crippen molar-refractivity contribution in [2.45, 2.75) is 30.2 Å². The van der Waals surface area contributed by atoms with Crippen molar-refractivity contribution in [3.8, 4) is 11.5 Å². The maximum Gasteiger partial charge on any atom is 0.211 e. The minimum atomic E-state index is -4.22. The first-order valence-electron chi connectivity index (χ1n) is 10.5. The molecule has 0 amide bonds. The summed E-state index contributed by atoms with van der Waals surface area (Å²) in [5.74, 6) is 0.154. The lowest BCUT2D eigenvalue weighted by Gasteiger charge is -2.17. The number of rotatable bonds is 6. The van der Waals surface area contributed by atoms with Gasteiger partial charge in [-0.3, -0.25) is 4.79 Å². The summed E-state index contributed by atoms with van der Waals surface area (Å²) in [6.45, 7) is 4.27. The van der Waals surface area contributed by atoms with Crippen LogP contribution in [-0.4, -0.2) is 27.2 Å². The van der Waals surface area contributed by atoms with Crippen molar-refractivity contribution in [2.24, 2.45) is 0 Å². The Hall–Kier alpha value is -3.65. The number of fused-ring (bicyclic) bond motifs is 1. The van der Waals surface area contributed by atoms with E-state index in [1.807, 2.05) is 32.0 Å². The number of nitrogens with zero attached hydrogens (tertiary/aromatic N) is 1. The zero-order chi connectivity index (χ0) is 24.6. The number of aryl methyl sites for hydroxylation is 2. The Bertz CT molecular complexity index is 1560. The van der Waals surface area contributed by atoms with Crippen LogP contribution in [0.25, 0.3) is 10.9 Å². The van der Waals surface area contributed by atoms with E-state index < -0.39 is 26.0 Å². The van der Waals surface area contributed by atoms with Gasteiger partial charge in [0, 0.05) is 18.8 Å². The summed E-state index contributed by atoms with van der Waals surface area (Å²) in [7, 11) is -1.29. The third-order valence-corrected chi connectivity index (χ3v) is 7.57. The standard InChI is InChI=1S/C26H24FNO5S/c1-16-5-6-17(2)18(11-16)14-28-15-25(34(30,31)20-9-7-19(27)8-10-20)26(29)21-12-23(32-3)24(33-4)13-22(21)28/h5-13,15H,14H2,1-4H3. The Morgan fingerprint density at radius 1 is 0.912 bits per heavy atom. The second kappa shape index (κ2) is 8.95. The molecule has 4 rings (SSSR count). The molecule has 8 heteroatoms. The van der Waals surface area contributed by atoms with Crippen molar-refractivity contribution in [2.75, 3.05) is 14.2 Å². The summed E-state index contributed by atoms with van der Waals surface area (Å²) in [6.07, 6.45) is 1.34. The molecule has 4 aromatic rings. The van der Waals surface area contributed by atoms with Crippen molar-refractivity contribution < 1.29 is 22.3 Å². The molecular formula is C26H24FNO5S. The van der Waals surface area contributed by atoms with Gasteiger partial charge in [-0.15, -0.1) is 0 Å². The summed E-state index contributed by atoms with van der Waals surface area (Å²) in [5.41, 5.74) is 2.90. The lowest BCUT2D eigenvalue weighted by Crippen LogP contribution is -2.20. The smallest absolute Gasteiger partial charge is 0.211 e. The number of halogens is 1. The van der Waals surface area contributed by atoms with E-state index in [4.69, 9.17) is 9.47 Å². The van der Waals surface area contributed by atoms with Crippen molar-refractivity contribution in [1.29, 1.82) is 0 Å². The summed E-state index contributed by atoms with van der Waals surface area (Å²) in [5, 5.41) is 0.172. The molecule has 0 aliphatic heterocycles. The lowest BCUT2D eigenvalue weighted by atomic mass is 10.1. The number of hydrogen-bond donors (Lipinski definition) is 0. The zero-order valence-electron chi connectivity index (χ0n) is 19.3. The molecule has 0 N–H and O–H groups in total. The van der Waals surface area contributed by atoms with Gasteiger partial charge in [-0.2, -0.15) is 0 Å². The van der Waals surface area contributed by atoms with Crippen molar-refractivity contribution >= 4 is 20.7 Å². The molecule has 0 aliphatic carbocycles. The largest absolute Gasteiger partial charge is 0.493 e. The Morgan fingerprint density at radius 2 is 1.56 bits per heavy atom. The Balaban J connectivity index is 2.04. The molecule has 0 saturated heterocycles. The number of hydrogen-bond acceptors (Lipinski definition) is 5. The summed E-state index contributed by atoms with van der Waals surface area (Å²) in [6, 6.07) is 13.6. The van der Waals surface area contributed by atoms with E-state index in [1.54, 1.807) is 10.6 Å². The van der Waals surface area contributed by atoms with Gasteiger partial charge in [-0.05, 0) is 55.3 Å². The molecule has 176 valence electrons. The first-order valence-corrected chi connectivity index (χ1v) is 12.0. The minimum Gasteiger partial charge on any atom is -0.493 e. The molecule has 0 spiro atoms. The highest BCUT2D eigenvalue weighted by Crippen LogP contribution is 2.32. The molecule has 3 aromatic carbocycles. The summed E-state index contributed by atoms with van der Waals surface area (Å²) in [4.78, 5) is 12.9. The van der Waals surface area contributed by atoms with Gasteiger partial charge >= 0.3 is 0 Å². The van der Waals surface area contributed by atoms with Gasteiger partial charge in [0.25, 0.3) is 0 Å². The van der Waals surface area contributed by atoms with Gasteiger partial charge in [0.05, 0.1) is 30.0 Å². The molecule has 0 unspecified atom stereocenters. The number of pyridine rings is 1. The Kier molecular flexibility index (Phi) is 6.18. The van der Waals surface area contributed by atoms with E-state index >= 15 is 0 Å². The third-order valence-electron chi connectivity index (χ3n) is 5.81. The quantitative estimate of drug-likeness (QED) is 0.375. The van der Waals surface area contributed by atoms with Crippen LogP contribution in [0.4, 0.5) is 4.39 Å². The van der Waals surface area contributed by atoms with Gasteiger partial charge < -0.3 is 14.0 Å². The SMILES string of the molecule is COc1cc2c(=O)c(S(=O)(=O)c3ccc(F)cc3)cn(Cc3cc(C)ccc3C)c2cc1OC. The van der Waals surface area contributed by atoms with Crippen molar-refractivity contribution in [3.63, 3.8) is 0 Å². The van der Waals surface area contributed by atoms with Crippen LogP contribution in [-0.2, 0) is 16.4 Å². The average molecular weight is 482 g/mol. The number of benzene rings is 3. The van der Waals surface area contributed by atoms with E-state index in [1.165, 1.54) is 26.5 Å². The molecular weight excluding hydrogens is 457 g/mol. The highest BCUT2D eigenvalue weighted by atomic mass is 32.2. The highest BCUT2D eigenvalue weighted by Gasteiger charge is 2.25. The van der Waals surface area contributed by atoms with Crippen LogP contribution < -0.4 is 14.9 Å².